The lowest BCUT2D eigenvalue weighted by Crippen LogP contribution is -2.01. The minimum Gasteiger partial charge on any atom is -0.255 e. The van der Waals surface area contributed by atoms with Crippen LogP contribution in [0, 0.1) is 0 Å². The maximum atomic E-state index is 4.46. The van der Waals surface area contributed by atoms with Gasteiger partial charge in [-0.1, -0.05) is 29.5 Å². The largest absolute Gasteiger partial charge is 0.255 e. The Morgan fingerprint density at radius 2 is 2.00 bits per heavy atom. The lowest BCUT2D eigenvalue weighted by atomic mass is 10.3. The van der Waals surface area contributed by atoms with Crippen molar-refractivity contribution in [2.75, 3.05) is 5.43 Å². The number of thiazole rings is 1. The van der Waals surface area contributed by atoms with Crippen molar-refractivity contribution in [2.24, 2.45) is 5.10 Å². The molecule has 1 aromatic carbocycles. The number of rotatable bonds is 3. The zero-order valence-electron chi connectivity index (χ0n) is 10.4. The summed E-state index contributed by atoms with van der Waals surface area (Å²) in [7, 11) is 0. The van der Waals surface area contributed by atoms with Crippen LogP contribution in [-0.2, 0) is 0 Å². The van der Waals surface area contributed by atoms with Crippen molar-refractivity contribution in [3.05, 3.63) is 54.4 Å². The van der Waals surface area contributed by atoms with E-state index in [9.17, 15) is 0 Å². The monoisotopic (exact) mass is 268 g/mol. The van der Waals surface area contributed by atoms with Gasteiger partial charge in [-0.3, -0.25) is 10.4 Å². The molecule has 3 rings (SSSR count). The van der Waals surface area contributed by atoms with Crippen LogP contribution in [0.1, 0.15) is 12.6 Å². The number of para-hydroxylation sites is 1. The second-order valence-corrected chi connectivity index (χ2v) is 5.04. The third kappa shape index (κ3) is 2.61. The average molecular weight is 268 g/mol. The van der Waals surface area contributed by atoms with Gasteiger partial charge in [0.15, 0.2) is 0 Å². The highest BCUT2D eigenvalue weighted by atomic mass is 32.1. The summed E-state index contributed by atoms with van der Waals surface area (Å²) in [6, 6.07) is 13.8. The number of hydrogen-bond donors (Lipinski definition) is 1. The molecule has 2 aromatic heterocycles. The van der Waals surface area contributed by atoms with Crippen molar-refractivity contribution in [3.63, 3.8) is 0 Å². The number of nitrogens with one attached hydrogen (secondary N) is 1. The number of benzene rings is 1. The lowest BCUT2D eigenvalue weighted by Gasteiger charge is -1.99. The van der Waals surface area contributed by atoms with Gasteiger partial charge in [0.2, 0.25) is 5.13 Å². The van der Waals surface area contributed by atoms with Crippen LogP contribution in [0.2, 0.25) is 0 Å². The molecule has 19 heavy (non-hydrogen) atoms. The Balaban J connectivity index is 1.82. The fraction of sp³-hybridized carbons (Fsp3) is 0.0714. The van der Waals surface area contributed by atoms with Gasteiger partial charge in [-0.25, -0.2) is 4.98 Å². The third-order valence-corrected chi connectivity index (χ3v) is 3.59. The van der Waals surface area contributed by atoms with Gasteiger partial charge in [-0.2, -0.15) is 5.10 Å². The molecule has 0 aliphatic rings. The maximum Gasteiger partial charge on any atom is 0.204 e. The van der Waals surface area contributed by atoms with E-state index in [0.717, 1.165) is 26.8 Å². The molecule has 2 heterocycles. The van der Waals surface area contributed by atoms with Crippen LogP contribution in [-0.4, -0.2) is 15.7 Å². The highest BCUT2D eigenvalue weighted by molar-refractivity contribution is 7.22. The van der Waals surface area contributed by atoms with Crippen molar-refractivity contribution in [2.45, 2.75) is 6.92 Å². The molecular formula is C14H12N4S. The highest BCUT2D eigenvalue weighted by Crippen LogP contribution is 2.25. The second kappa shape index (κ2) is 5.16. The van der Waals surface area contributed by atoms with E-state index in [1.165, 1.54) is 0 Å². The number of aromatic nitrogens is 2. The molecule has 5 heteroatoms. The van der Waals surface area contributed by atoms with Crippen molar-refractivity contribution in [1.29, 1.82) is 0 Å². The average Bonchev–Trinajstić information content (AvgIpc) is 2.88. The molecular weight excluding hydrogens is 256 g/mol. The minimum atomic E-state index is 0.788. The summed E-state index contributed by atoms with van der Waals surface area (Å²) in [5, 5.41) is 5.10. The molecule has 0 atom stereocenters. The Morgan fingerprint density at radius 1 is 1.16 bits per heavy atom. The van der Waals surface area contributed by atoms with Crippen molar-refractivity contribution in [3.8, 4) is 0 Å². The normalized spacial score (nSPS) is 11.7. The molecule has 94 valence electrons. The quantitative estimate of drug-likeness (QED) is 0.584. The van der Waals surface area contributed by atoms with Crippen LogP contribution in [0.3, 0.4) is 0 Å². The fourth-order valence-corrected chi connectivity index (χ4v) is 2.49. The molecule has 0 aliphatic carbocycles. The van der Waals surface area contributed by atoms with E-state index in [0.29, 0.717) is 0 Å². The third-order valence-electron chi connectivity index (χ3n) is 2.65. The van der Waals surface area contributed by atoms with Crippen LogP contribution >= 0.6 is 11.3 Å². The van der Waals surface area contributed by atoms with E-state index in [2.05, 4.69) is 20.5 Å². The van der Waals surface area contributed by atoms with Gasteiger partial charge in [-0.05, 0) is 31.2 Å². The first-order chi connectivity index (χ1) is 9.33. The number of nitrogens with zero attached hydrogens (tertiary/aromatic N) is 3. The first kappa shape index (κ1) is 11.8. The Labute approximate surface area is 114 Å². The van der Waals surface area contributed by atoms with Gasteiger partial charge < -0.3 is 0 Å². The van der Waals surface area contributed by atoms with Crippen LogP contribution in [0.25, 0.3) is 10.2 Å². The van der Waals surface area contributed by atoms with E-state index in [4.69, 9.17) is 0 Å². The zero-order chi connectivity index (χ0) is 13.1. The smallest absolute Gasteiger partial charge is 0.204 e. The van der Waals surface area contributed by atoms with Gasteiger partial charge >= 0.3 is 0 Å². The van der Waals surface area contributed by atoms with Crippen LogP contribution < -0.4 is 5.43 Å². The second-order valence-electron chi connectivity index (χ2n) is 4.01. The Bertz CT molecular complexity index is 685. The molecule has 0 radical (unpaired) electrons. The molecule has 0 saturated carbocycles. The molecule has 1 N–H and O–H groups in total. The first-order valence-electron chi connectivity index (χ1n) is 5.90. The molecule has 0 spiro atoms. The van der Waals surface area contributed by atoms with E-state index in [-0.39, 0.29) is 0 Å². The Morgan fingerprint density at radius 3 is 2.79 bits per heavy atom. The lowest BCUT2D eigenvalue weighted by molar-refractivity contribution is 1.24. The standard InChI is InChI=1S/C14H12N4S/c1-10(11-6-4-5-9-15-11)17-18-14-16-12-7-2-3-8-13(12)19-14/h2-9H,1H3,(H,16,18)/b17-10+. The summed E-state index contributed by atoms with van der Waals surface area (Å²) in [4.78, 5) is 8.70. The fourth-order valence-electron chi connectivity index (χ4n) is 1.69. The van der Waals surface area contributed by atoms with E-state index >= 15 is 0 Å². The van der Waals surface area contributed by atoms with E-state index in [1.54, 1.807) is 17.5 Å². The number of hydrogen-bond acceptors (Lipinski definition) is 5. The van der Waals surface area contributed by atoms with Crippen molar-refractivity contribution >= 4 is 32.4 Å². The number of pyridine rings is 1. The van der Waals surface area contributed by atoms with Gasteiger partial charge in [-0.15, -0.1) is 0 Å². The molecule has 4 nitrogen and oxygen atoms in total. The first-order valence-corrected chi connectivity index (χ1v) is 6.72. The maximum absolute atomic E-state index is 4.46. The van der Waals surface area contributed by atoms with Gasteiger partial charge in [0.1, 0.15) is 0 Å². The SMILES string of the molecule is C/C(=N\Nc1nc2ccccc2s1)c1ccccn1. The summed E-state index contributed by atoms with van der Waals surface area (Å²) in [6.45, 7) is 1.92. The summed E-state index contributed by atoms with van der Waals surface area (Å²) < 4.78 is 1.15. The predicted molar refractivity (Wildman–Crippen MR) is 79.7 cm³/mol. The summed E-state index contributed by atoms with van der Waals surface area (Å²) in [6.07, 6.45) is 1.76. The Hall–Kier alpha value is -2.27. The van der Waals surface area contributed by atoms with Gasteiger partial charge in [0.05, 0.1) is 21.6 Å². The highest BCUT2D eigenvalue weighted by Gasteiger charge is 2.02. The minimum absolute atomic E-state index is 0.788. The molecule has 0 saturated heterocycles. The van der Waals surface area contributed by atoms with Gasteiger partial charge in [0.25, 0.3) is 0 Å². The van der Waals surface area contributed by atoms with Crippen LogP contribution in [0.5, 0.6) is 0 Å². The predicted octanol–water partition coefficient (Wildman–Crippen LogP) is 3.53. The molecule has 0 amide bonds. The summed E-state index contributed by atoms with van der Waals surface area (Å²) in [5.74, 6) is 0. The molecule has 3 aromatic rings. The number of hydrazone groups is 1. The molecule has 0 aliphatic heterocycles. The number of anilines is 1. The van der Waals surface area contributed by atoms with Crippen LogP contribution in [0.4, 0.5) is 5.13 Å². The van der Waals surface area contributed by atoms with E-state index < -0.39 is 0 Å². The zero-order valence-corrected chi connectivity index (χ0v) is 11.2. The topological polar surface area (TPSA) is 50.2 Å². The van der Waals surface area contributed by atoms with E-state index in [1.807, 2.05) is 49.4 Å². The van der Waals surface area contributed by atoms with Crippen molar-refractivity contribution in [1.82, 2.24) is 9.97 Å². The molecule has 0 fully saturated rings. The summed E-state index contributed by atoms with van der Waals surface area (Å²) in [5.41, 5.74) is 5.67. The summed E-state index contributed by atoms with van der Waals surface area (Å²) >= 11 is 1.58. The number of fused-ring (bicyclic) bond motifs is 1. The van der Waals surface area contributed by atoms with Crippen LogP contribution in [0.15, 0.2) is 53.8 Å². The van der Waals surface area contributed by atoms with Gasteiger partial charge in [0, 0.05) is 6.20 Å². The Kier molecular flexibility index (Phi) is 3.20. The molecule has 0 bridgehead atoms. The molecule has 0 unspecified atom stereocenters. The van der Waals surface area contributed by atoms with Crippen molar-refractivity contribution < 1.29 is 0 Å².